The van der Waals surface area contributed by atoms with E-state index in [2.05, 4.69) is 10.9 Å². The average molecular weight is 369 g/mol. The van der Waals surface area contributed by atoms with E-state index in [1.807, 2.05) is 31.2 Å². The van der Waals surface area contributed by atoms with Crippen molar-refractivity contribution in [3.63, 3.8) is 0 Å². The molecule has 120 valence electrons. The lowest BCUT2D eigenvalue weighted by molar-refractivity contribution is -0.119. The van der Waals surface area contributed by atoms with Crippen LogP contribution in [0.15, 0.2) is 47.4 Å². The van der Waals surface area contributed by atoms with Gasteiger partial charge in [0.05, 0.1) is 15.8 Å². The Labute approximate surface area is 148 Å². The Morgan fingerprint density at radius 3 is 2.35 bits per heavy atom. The van der Waals surface area contributed by atoms with Crippen molar-refractivity contribution in [2.75, 3.05) is 5.75 Å². The predicted molar refractivity (Wildman–Crippen MR) is 94.0 cm³/mol. The molecule has 0 saturated carbocycles. The van der Waals surface area contributed by atoms with Gasteiger partial charge in [-0.3, -0.25) is 20.4 Å². The number of carbonyl (C=O) groups excluding carboxylic acids is 2. The average Bonchev–Trinajstić information content (AvgIpc) is 2.54. The maximum Gasteiger partial charge on any atom is 0.269 e. The third-order valence-electron chi connectivity index (χ3n) is 2.89. The molecule has 0 aromatic heterocycles. The summed E-state index contributed by atoms with van der Waals surface area (Å²) in [5.41, 5.74) is 6.17. The van der Waals surface area contributed by atoms with Gasteiger partial charge in [0.2, 0.25) is 5.91 Å². The Morgan fingerprint density at radius 2 is 1.70 bits per heavy atom. The van der Waals surface area contributed by atoms with Crippen LogP contribution in [-0.2, 0) is 4.79 Å². The van der Waals surface area contributed by atoms with E-state index in [9.17, 15) is 9.59 Å². The van der Waals surface area contributed by atoms with Crippen LogP contribution in [-0.4, -0.2) is 17.6 Å². The number of carbonyl (C=O) groups is 2. The summed E-state index contributed by atoms with van der Waals surface area (Å²) in [6.07, 6.45) is 0. The molecule has 0 atom stereocenters. The summed E-state index contributed by atoms with van der Waals surface area (Å²) in [4.78, 5) is 24.6. The lowest BCUT2D eigenvalue weighted by Gasteiger charge is -2.08. The topological polar surface area (TPSA) is 58.2 Å². The first kappa shape index (κ1) is 17.7. The second-order valence-electron chi connectivity index (χ2n) is 4.73. The number of nitrogens with one attached hydrogen (secondary N) is 2. The minimum atomic E-state index is -0.461. The van der Waals surface area contributed by atoms with Crippen molar-refractivity contribution < 1.29 is 9.59 Å². The van der Waals surface area contributed by atoms with Crippen LogP contribution in [0.1, 0.15) is 15.9 Å². The van der Waals surface area contributed by atoms with Crippen molar-refractivity contribution in [1.82, 2.24) is 10.9 Å². The van der Waals surface area contributed by atoms with Gasteiger partial charge in [-0.25, -0.2) is 0 Å². The van der Waals surface area contributed by atoms with E-state index >= 15 is 0 Å². The standard InChI is InChI=1S/C16H14Cl2N2O2S/c1-10-2-5-12(6-3-10)23-9-15(21)19-20-16(22)11-4-7-13(17)14(18)8-11/h2-8H,9H2,1H3,(H,19,21)(H,20,22). The van der Waals surface area contributed by atoms with E-state index in [4.69, 9.17) is 23.2 Å². The molecule has 0 heterocycles. The predicted octanol–water partition coefficient (Wildman–Crippen LogP) is 3.86. The van der Waals surface area contributed by atoms with Crippen molar-refractivity contribution in [3.05, 3.63) is 63.6 Å². The highest BCUT2D eigenvalue weighted by Gasteiger charge is 2.09. The number of aryl methyl sites for hydroxylation is 1. The van der Waals surface area contributed by atoms with Crippen molar-refractivity contribution in [3.8, 4) is 0 Å². The fraction of sp³-hybridized carbons (Fsp3) is 0.125. The first-order chi connectivity index (χ1) is 11.0. The fourth-order valence-electron chi connectivity index (χ4n) is 1.66. The van der Waals surface area contributed by atoms with E-state index in [-0.39, 0.29) is 16.7 Å². The van der Waals surface area contributed by atoms with Crippen molar-refractivity contribution >= 4 is 46.8 Å². The SMILES string of the molecule is Cc1ccc(SCC(=O)NNC(=O)c2ccc(Cl)c(Cl)c2)cc1. The number of hydrogen-bond acceptors (Lipinski definition) is 3. The molecule has 2 aromatic rings. The zero-order valence-electron chi connectivity index (χ0n) is 12.2. The third kappa shape index (κ3) is 5.46. The van der Waals surface area contributed by atoms with Gasteiger partial charge in [0.25, 0.3) is 5.91 Å². The number of hydrazine groups is 1. The number of halogens is 2. The normalized spacial score (nSPS) is 10.2. The van der Waals surface area contributed by atoms with Gasteiger partial charge in [0, 0.05) is 10.5 Å². The van der Waals surface area contributed by atoms with Crippen LogP contribution in [0.5, 0.6) is 0 Å². The molecule has 0 unspecified atom stereocenters. The third-order valence-corrected chi connectivity index (χ3v) is 4.64. The van der Waals surface area contributed by atoms with Crippen LogP contribution in [0.4, 0.5) is 0 Å². The highest BCUT2D eigenvalue weighted by Crippen LogP contribution is 2.22. The number of rotatable bonds is 4. The van der Waals surface area contributed by atoms with Gasteiger partial charge in [0.15, 0.2) is 0 Å². The van der Waals surface area contributed by atoms with Crippen LogP contribution in [0.3, 0.4) is 0 Å². The molecular formula is C16H14Cl2N2O2S. The number of thioether (sulfide) groups is 1. The van der Waals surface area contributed by atoms with Gasteiger partial charge in [0.1, 0.15) is 0 Å². The smallest absolute Gasteiger partial charge is 0.269 e. The van der Waals surface area contributed by atoms with Crippen LogP contribution in [0.25, 0.3) is 0 Å². The summed E-state index contributed by atoms with van der Waals surface area (Å²) >= 11 is 13.0. The van der Waals surface area contributed by atoms with Crippen molar-refractivity contribution in [1.29, 1.82) is 0 Å². The van der Waals surface area contributed by atoms with Gasteiger partial charge in [-0.05, 0) is 37.3 Å². The van der Waals surface area contributed by atoms with E-state index in [1.54, 1.807) is 0 Å². The molecule has 0 aliphatic rings. The molecule has 0 aliphatic carbocycles. The molecule has 0 saturated heterocycles. The molecule has 2 rings (SSSR count). The summed E-state index contributed by atoms with van der Waals surface area (Å²) in [6, 6.07) is 12.3. The minimum absolute atomic E-state index is 0.199. The number of amides is 2. The Kier molecular flexibility index (Phi) is 6.33. The lowest BCUT2D eigenvalue weighted by atomic mass is 10.2. The summed E-state index contributed by atoms with van der Waals surface area (Å²) in [5, 5.41) is 0.641. The maximum absolute atomic E-state index is 11.9. The Morgan fingerprint density at radius 1 is 1.00 bits per heavy atom. The Hall–Kier alpha value is -1.69. The molecule has 0 aliphatic heterocycles. The molecule has 23 heavy (non-hydrogen) atoms. The molecule has 7 heteroatoms. The number of hydrogen-bond donors (Lipinski definition) is 2. The maximum atomic E-state index is 11.9. The molecule has 0 spiro atoms. The molecule has 4 nitrogen and oxygen atoms in total. The van der Waals surface area contributed by atoms with Crippen LogP contribution < -0.4 is 10.9 Å². The van der Waals surface area contributed by atoms with Crippen LogP contribution in [0.2, 0.25) is 10.0 Å². The fourth-order valence-corrected chi connectivity index (χ4v) is 2.65. The van der Waals surface area contributed by atoms with Gasteiger partial charge in [-0.2, -0.15) is 0 Å². The summed E-state index contributed by atoms with van der Waals surface area (Å²) in [6.45, 7) is 2.00. The molecule has 0 fully saturated rings. The van der Waals surface area contributed by atoms with E-state index in [1.165, 1.54) is 30.0 Å². The van der Waals surface area contributed by atoms with Gasteiger partial charge in [-0.15, -0.1) is 11.8 Å². The zero-order valence-corrected chi connectivity index (χ0v) is 14.6. The molecule has 2 amide bonds. The van der Waals surface area contributed by atoms with Crippen LogP contribution in [0, 0.1) is 6.92 Å². The summed E-state index contributed by atoms with van der Waals surface area (Å²) in [7, 11) is 0. The van der Waals surface area contributed by atoms with Gasteiger partial charge in [-0.1, -0.05) is 40.9 Å². The molecule has 0 bridgehead atoms. The van der Waals surface area contributed by atoms with Crippen LogP contribution >= 0.6 is 35.0 Å². The molecule has 2 N–H and O–H groups in total. The van der Waals surface area contributed by atoms with E-state index < -0.39 is 5.91 Å². The second kappa shape index (κ2) is 8.24. The minimum Gasteiger partial charge on any atom is -0.272 e. The van der Waals surface area contributed by atoms with E-state index in [0.29, 0.717) is 10.6 Å². The molecular weight excluding hydrogens is 355 g/mol. The highest BCUT2D eigenvalue weighted by atomic mass is 35.5. The monoisotopic (exact) mass is 368 g/mol. The molecule has 2 aromatic carbocycles. The number of benzene rings is 2. The second-order valence-corrected chi connectivity index (χ2v) is 6.60. The molecule has 0 radical (unpaired) electrons. The first-order valence-corrected chi connectivity index (χ1v) is 8.43. The summed E-state index contributed by atoms with van der Waals surface area (Å²) in [5.74, 6) is -0.564. The zero-order chi connectivity index (χ0) is 16.8. The lowest BCUT2D eigenvalue weighted by Crippen LogP contribution is -2.42. The largest absolute Gasteiger partial charge is 0.272 e. The highest BCUT2D eigenvalue weighted by molar-refractivity contribution is 8.00. The first-order valence-electron chi connectivity index (χ1n) is 6.69. The Bertz CT molecular complexity index is 721. The van der Waals surface area contributed by atoms with Gasteiger partial charge < -0.3 is 0 Å². The van der Waals surface area contributed by atoms with Crippen molar-refractivity contribution in [2.45, 2.75) is 11.8 Å². The van der Waals surface area contributed by atoms with Gasteiger partial charge >= 0.3 is 0 Å². The van der Waals surface area contributed by atoms with Crippen molar-refractivity contribution in [2.24, 2.45) is 0 Å². The van der Waals surface area contributed by atoms with E-state index in [0.717, 1.165) is 10.5 Å². The summed E-state index contributed by atoms with van der Waals surface area (Å²) < 4.78 is 0. The quantitative estimate of drug-likeness (QED) is 0.636. The Balaban J connectivity index is 1.80.